The summed E-state index contributed by atoms with van der Waals surface area (Å²) >= 11 is 7.03. The topological polar surface area (TPSA) is 66.5 Å². The first-order valence-electron chi connectivity index (χ1n) is 11.0. The number of carbonyl (C=O) groups excluding carboxylic acids is 1. The number of amides is 1. The summed E-state index contributed by atoms with van der Waals surface area (Å²) in [5, 5.41) is 3.33. The molecule has 1 N–H and O–H groups in total. The van der Waals surface area contributed by atoms with Gasteiger partial charge in [-0.1, -0.05) is 67.6 Å². The minimum Gasteiger partial charge on any atom is -0.353 e. The summed E-state index contributed by atoms with van der Waals surface area (Å²) in [4.78, 5) is 13.6. The van der Waals surface area contributed by atoms with E-state index in [4.69, 9.17) is 11.6 Å². The summed E-state index contributed by atoms with van der Waals surface area (Å²) in [7, 11) is -3.60. The summed E-state index contributed by atoms with van der Waals surface area (Å²) < 4.78 is 28.3. The molecule has 0 bridgehead atoms. The Morgan fingerprint density at radius 3 is 2.23 bits per heavy atom. The molecule has 2 aromatic rings. The molecule has 4 rings (SSSR count). The van der Waals surface area contributed by atoms with E-state index in [-0.39, 0.29) is 16.2 Å². The van der Waals surface area contributed by atoms with Crippen molar-refractivity contribution in [3.05, 3.63) is 52.4 Å². The van der Waals surface area contributed by atoms with E-state index in [1.54, 1.807) is 12.1 Å². The zero-order valence-corrected chi connectivity index (χ0v) is 19.9. The first-order valence-corrected chi connectivity index (χ1v) is 13.7. The van der Waals surface area contributed by atoms with Gasteiger partial charge in [-0.3, -0.25) is 4.79 Å². The van der Waals surface area contributed by atoms with Gasteiger partial charge in [-0.25, -0.2) is 8.42 Å². The monoisotopic (exact) mass is 480 g/mol. The Balaban J connectivity index is 1.55. The van der Waals surface area contributed by atoms with Crippen molar-refractivity contribution in [1.82, 2.24) is 9.62 Å². The van der Waals surface area contributed by atoms with E-state index >= 15 is 0 Å². The molecule has 1 amide bonds. The second-order valence-corrected chi connectivity index (χ2v) is 12.5. The first kappa shape index (κ1) is 22.8. The summed E-state index contributed by atoms with van der Waals surface area (Å²) in [5.41, 5.74) is 0.268. The first-order chi connectivity index (χ1) is 14.9. The average Bonchev–Trinajstić information content (AvgIpc) is 3.07. The molecule has 0 radical (unpaired) electrons. The lowest BCUT2D eigenvalue weighted by molar-refractivity contribution is -0.129. The zero-order chi connectivity index (χ0) is 21.9. The van der Waals surface area contributed by atoms with Crippen LogP contribution in [0.1, 0.15) is 56.9 Å². The van der Waals surface area contributed by atoms with Crippen LogP contribution in [0.5, 0.6) is 0 Å². The predicted molar refractivity (Wildman–Crippen MR) is 125 cm³/mol. The molecule has 5 nitrogen and oxygen atoms in total. The molecule has 1 aliphatic heterocycles. The third-order valence-electron chi connectivity index (χ3n) is 6.67. The van der Waals surface area contributed by atoms with E-state index in [1.165, 1.54) is 17.1 Å². The summed E-state index contributed by atoms with van der Waals surface area (Å²) in [6.07, 6.45) is 7.75. The number of hydrogen-bond acceptors (Lipinski definition) is 4. The molecule has 2 heterocycles. The Kier molecular flexibility index (Phi) is 7.06. The number of rotatable bonds is 5. The fourth-order valence-corrected chi connectivity index (χ4v) is 7.90. The van der Waals surface area contributed by atoms with Gasteiger partial charge < -0.3 is 5.32 Å². The van der Waals surface area contributed by atoms with E-state index in [0.29, 0.717) is 30.3 Å². The van der Waals surface area contributed by atoms with Gasteiger partial charge in [0, 0.05) is 19.1 Å². The highest BCUT2D eigenvalue weighted by Crippen LogP contribution is 2.39. The molecule has 0 unspecified atom stereocenters. The Morgan fingerprint density at radius 2 is 1.65 bits per heavy atom. The van der Waals surface area contributed by atoms with Crippen molar-refractivity contribution in [1.29, 1.82) is 0 Å². The third kappa shape index (κ3) is 4.85. The van der Waals surface area contributed by atoms with Gasteiger partial charge in [-0.15, -0.1) is 11.3 Å². The molecule has 1 aromatic carbocycles. The van der Waals surface area contributed by atoms with Crippen LogP contribution in [0, 0.1) is 0 Å². The van der Waals surface area contributed by atoms with E-state index in [9.17, 15) is 13.2 Å². The standard InChI is InChI=1S/C23H29ClN2O3S2/c24-20-12-13-21(30-20)31(28,29)26-16-14-23(15-17-26,18-8-4-3-5-9-18)22(27)25-19-10-6-1-2-7-11-19/h3-5,8-9,12-13,19H,1-2,6-7,10-11,14-17H2,(H,25,27). The minimum absolute atomic E-state index is 0.0433. The number of nitrogens with one attached hydrogen (secondary N) is 1. The van der Waals surface area contributed by atoms with Gasteiger partial charge in [0.1, 0.15) is 4.21 Å². The van der Waals surface area contributed by atoms with Gasteiger partial charge in [0.25, 0.3) is 10.0 Å². The van der Waals surface area contributed by atoms with Crippen LogP contribution in [-0.2, 0) is 20.2 Å². The normalized spacial score (nSPS) is 20.8. The fourth-order valence-electron chi connectivity index (χ4n) is 4.82. The average molecular weight is 481 g/mol. The number of sulfonamides is 1. The molecule has 2 fully saturated rings. The van der Waals surface area contributed by atoms with Gasteiger partial charge in [0.2, 0.25) is 5.91 Å². The number of piperidine rings is 1. The Morgan fingerprint density at radius 1 is 1.00 bits per heavy atom. The maximum atomic E-state index is 13.6. The lowest BCUT2D eigenvalue weighted by Gasteiger charge is -2.41. The molecule has 31 heavy (non-hydrogen) atoms. The van der Waals surface area contributed by atoms with Crippen LogP contribution in [0.2, 0.25) is 4.34 Å². The minimum atomic E-state index is -3.60. The van der Waals surface area contributed by atoms with Crippen LogP contribution < -0.4 is 5.32 Å². The molecule has 1 aromatic heterocycles. The highest BCUT2D eigenvalue weighted by atomic mass is 35.5. The lowest BCUT2D eigenvalue weighted by Crippen LogP contribution is -2.54. The summed E-state index contributed by atoms with van der Waals surface area (Å²) in [5.74, 6) is 0.0433. The number of carbonyl (C=O) groups is 1. The summed E-state index contributed by atoms with van der Waals surface area (Å²) in [6.45, 7) is 0.621. The predicted octanol–water partition coefficient (Wildman–Crippen LogP) is 4.96. The van der Waals surface area contributed by atoms with Crippen LogP contribution in [0.15, 0.2) is 46.7 Å². The van der Waals surface area contributed by atoms with Crippen molar-refractivity contribution in [3.63, 3.8) is 0 Å². The smallest absolute Gasteiger partial charge is 0.252 e. The molecule has 168 valence electrons. The van der Waals surface area contributed by atoms with Gasteiger partial charge in [-0.2, -0.15) is 4.31 Å². The van der Waals surface area contributed by atoms with Gasteiger partial charge in [0.15, 0.2) is 0 Å². The molecule has 2 aliphatic rings. The Labute approximate surface area is 193 Å². The highest BCUT2D eigenvalue weighted by molar-refractivity contribution is 7.91. The molecular formula is C23H29ClN2O3S2. The SMILES string of the molecule is O=C(NC1CCCCCC1)C1(c2ccccc2)CCN(S(=O)(=O)c2ccc(Cl)s2)CC1. The Bertz CT molecular complexity index is 991. The van der Waals surface area contributed by atoms with Crippen LogP contribution in [0.3, 0.4) is 0 Å². The second-order valence-electron chi connectivity index (χ2n) is 8.57. The number of hydrogen-bond donors (Lipinski definition) is 1. The molecule has 8 heteroatoms. The quantitative estimate of drug-likeness (QED) is 0.615. The fraction of sp³-hybridized carbons (Fsp3) is 0.522. The van der Waals surface area contributed by atoms with E-state index in [2.05, 4.69) is 5.32 Å². The second kappa shape index (κ2) is 9.61. The molecule has 0 spiro atoms. The van der Waals surface area contributed by atoms with Crippen molar-refractivity contribution >= 4 is 38.9 Å². The van der Waals surface area contributed by atoms with Crippen molar-refractivity contribution in [2.75, 3.05) is 13.1 Å². The molecule has 1 saturated heterocycles. The number of thiophene rings is 1. The maximum absolute atomic E-state index is 13.6. The van der Waals surface area contributed by atoms with Crippen LogP contribution in [0.4, 0.5) is 0 Å². The molecular weight excluding hydrogens is 452 g/mol. The number of nitrogens with zero attached hydrogens (tertiary/aromatic N) is 1. The largest absolute Gasteiger partial charge is 0.353 e. The highest BCUT2D eigenvalue weighted by Gasteiger charge is 2.45. The number of benzene rings is 1. The lowest BCUT2D eigenvalue weighted by atomic mass is 9.72. The molecule has 1 aliphatic carbocycles. The van der Waals surface area contributed by atoms with Gasteiger partial charge >= 0.3 is 0 Å². The van der Waals surface area contributed by atoms with Crippen LogP contribution in [-0.4, -0.2) is 37.8 Å². The van der Waals surface area contributed by atoms with E-state index in [1.807, 2.05) is 30.3 Å². The van der Waals surface area contributed by atoms with Gasteiger partial charge in [0.05, 0.1) is 9.75 Å². The van der Waals surface area contributed by atoms with E-state index in [0.717, 1.165) is 42.6 Å². The van der Waals surface area contributed by atoms with Crippen LogP contribution >= 0.6 is 22.9 Å². The molecule has 0 atom stereocenters. The third-order valence-corrected chi connectivity index (χ3v) is 10.3. The molecule has 1 saturated carbocycles. The van der Waals surface area contributed by atoms with Crippen molar-refractivity contribution < 1.29 is 13.2 Å². The van der Waals surface area contributed by atoms with Crippen LogP contribution in [0.25, 0.3) is 0 Å². The van der Waals surface area contributed by atoms with E-state index < -0.39 is 15.4 Å². The maximum Gasteiger partial charge on any atom is 0.252 e. The van der Waals surface area contributed by atoms with Gasteiger partial charge in [-0.05, 0) is 43.4 Å². The van der Waals surface area contributed by atoms with Crippen molar-refractivity contribution in [3.8, 4) is 0 Å². The Hall–Kier alpha value is -1.41. The zero-order valence-electron chi connectivity index (χ0n) is 17.6. The summed E-state index contributed by atoms with van der Waals surface area (Å²) in [6, 6.07) is 13.2. The van der Waals surface area contributed by atoms with Crippen molar-refractivity contribution in [2.45, 2.75) is 67.0 Å². The van der Waals surface area contributed by atoms with Crippen molar-refractivity contribution in [2.24, 2.45) is 0 Å². The number of halogens is 1.